The zero-order valence-corrected chi connectivity index (χ0v) is 19.5. The Morgan fingerprint density at radius 2 is 1.90 bits per heavy atom. The Morgan fingerprint density at radius 3 is 2.55 bits per heavy atom. The predicted molar refractivity (Wildman–Crippen MR) is 122 cm³/mol. The maximum atomic E-state index is 12.6. The van der Waals surface area contributed by atoms with E-state index in [0.29, 0.717) is 23.9 Å². The molecule has 6 nitrogen and oxygen atoms in total. The van der Waals surface area contributed by atoms with Crippen LogP contribution in [0.1, 0.15) is 56.8 Å². The van der Waals surface area contributed by atoms with Gasteiger partial charge in [-0.2, -0.15) is 0 Å². The minimum Gasteiger partial charge on any atom is -0.378 e. The molecule has 1 saturated heterocycles. The number of ether oxygens (including phenoxy) is 1. The molecule has 6 heteroatoms. The Labute approximate surface area is 186 Å². The van der Waals surface area contributed by atoms with E-state index in [9.17, 15) is 9.59 Å². The highest BCUT2D eigenvalue weighted by Crippen LogP contribution is 2.68. The average Bonchev–Trinajstić information content (AvgIpc) is 3.21. The average molecular weight is 428 g/mol. The Bertz CT molecular complexity index is 835. The normalized spacial score (nSPS) is 32.9. The summed E-state index contributed by atoms with van der Waals surface area (Å²) in [6, 6.07) is 7.86. The van der Waals surface area contributed by atoms with Crippen molar-refractivity contribution in [2.24, 2.45) is 22.7 Å². The predicted octanol–water partition coefficient (Wildman–Crippen LogP) is 3.22. The highest BCUT2D eigenvalue weighted by molar-refractivity contribution is 5.94. The molecule has 5 atom stereocenters. The summed E-state index contributed by atoms with van der Waals surface area (Å²) in [5.41, 5.74) is 2.01. The Balaban J connectivity index is 1.38. The molecule has 2 bridgehead atoms. The van der Waals surface area contributed by atoms with Crippen LogP contribution >= 0.6 is 0 Å². The third-order valence-corrected chi connectivity index (χ3v) is 8.33. The van der Waals surface area contributed by atoms with Crippen molar-refractivity contribution in [1.29, 1.82) is 0 Å². The van der Waals surface area contributed by atoms with Gasteiger partial charge in [-0.05, 0) is 72.6 Å². The summed E-state index contributed by atoms with van der Waals surface area (Å²) in [5, 5.41) is 6.39. The van der Waals surface area contributed by atoms with E-state index in [1.54, 1.807) is 6.92 Å². The Kier molecular flexibility index (Phi) is 5.80. The van der Waals surface area contributed by atoms with Crippen LogP contribution in [0.4, 0.5) is 5.69 Å². The molecule has 1 spiro atoms. The van der Waals surface area contributed by atoms with Crippen molar-refractivity contribution in [3.8, 4) is 0 Å². The van der Waals surface area contributed by atoms with E-state index in [1.165, 1.54) is 6.42 Å². The number of anilines is 1. The molecule has 1 aromatic rings. The molecule has 0 aromatic heterocycles. The van der Waals surface area contributed by atoms with Crippen molar-refractivity contribution in [3.63, 3.8) is 0 Å². The molecule has 0 radical (unpaired) electrons. The first-order valence-electron chi connectivity index (χ1n) is 11.6. The number of benzene rings is 1. The van der Waals surface area contributed by atoms with Crippen LogP contribution in [0.2, 0.25) is 0 Å². The zero-order chi connectivity index (χ0) is 22.4. The molecule has 2 N–H and O–H groups in total. The minimum absolute atomic E-state index is 0.0407. The molecule has 2 saturated carbocycles. The van der Waals surface area contributed by atoms with Crippen LogP contribution in [0.25, 0.3) is 0 Å². The van der Waals surface area contributed by atoms with Gasteiger partial charge in [-0.25, -0.2) is 0 Å². The molecule has 1 aromatic carbocycles. The van der Waals surface area contributed by atoms with Crippen molar-refractivity contribution in [2.75, 3.05) is 32.1 Å². The van der Waals surface area contributed by atoms with Gasteiger partial charge in [0.05, 0.1) is 6.10 Å². The van der Waals surface area contributed by atoms with Crippen molar-refractivity contribution in [1.82, 2.24) is 10.6 Å². The first-order chi connectivity index (χ1) is 14.6. The molecule has 31 heavy (non-hydrogen) atoms. The first kappa shape index (κ1) is 22.1. The fourth-order valence-electron chi connectivity index (χ4n) is 6.74. The van der Waals surface area contributed by atoms with Gasteiger partial charge in [-0.1, -0.05) is 13.8 Å². The second-order valence-electron chi connectivity index (χ2n) is 10.6. The van der Waals surface area contributed by atoms with E-state index >= 15 is 0 Å². The van der Waals surface area contributed by atoms with Gasteiger partial charge in [0.1, 0.15) is 0 Å². The summed E-state index contributed by atoms with van der Waals surface area (Å²) < 4.78 is 6.22. The van der Waals surface area contributed by atoms with Crippen LogP contribution in [0.15, 0.2) is 24.3 Å². The number of hydrogen-bond acceptors (Lipinski definition) is 4. The number of nitrogens with one attached hydrogen (secondary N) is 2. The van der Waals surface area contributed by atoms with Gasteiger partial charge in [0, 0.05) is 51.5 Å². The highest BCUT2D eigenvalue weighted by Gasteiger charge is 2.68. The van der Waals surface area contributed by atoms with Gasteiger partial charge in [-0.15, -0.1) is 0 Å². The second-order valence-corrected chi connectivity index (χ2v) is 10.6. The second kappa shape index (κ2) is 8.12. The Morgan fingerprint density at radius 1 is 1.19 bits per heavy atom. The van der Waals surface area contributed by atoms with E-state index < -0.39 is 0 Å². The number of amides is 2. The maximum Gasteiger partial charge on any atom is 0.251 e. The van der Waals surface area contributed by atoms with Gasteiger partial charge >= 0.3 is 0 Å². The maximum absolute atomic E-state index is 12.6. The molecule has 1 heterocycles. The molecule has 170 valence electrons. The summed E-state index contributed by atoms with van der Waals surface area (Å²) in [6.45, 7) is 7.60. The van der Waals surface area contributed by atoms with Crippen molar-refractivity contribution < 1.29 is 14.3 Å². The van der Waals surface area contributed by atoms with Gasteiger partial charge in [0.15, 0.2) is 0 Å². The molecule has 1 aliphatic heterocycles. The number of carbonyl (C=O) groups excluding carboxylic acids is 2. The summed E-state index contributed by atoms with van der Waals surface area (Å²) >= 11 is 0. The number of rotatable bonds is 6. The van der Waals surface area contributed by atoms with Crippen molar-refractivity contribution >= 4 is 17.5 Å². The molecule has 1 unspecified atom stereocenters. The molecular weight excluding hydrogens is 390 g/mol. The SMILES string of the molecule is CC(=O)N[C@H]1C(C)(C)[C@@H]2C[C@@H]3[C@@H](CCNC(=O)c4ccc(N(C)C)cc4)OCCC31C2. The van der Waals surface area contributed by atoms with Gasteiger partial charge in [0.2, 0.25) is 5.91 Å². The van der Waals surface area contributed by atoms with E-state index in [1.807, 2.05) is 43.3 Å². The molecule has 2 aliphatic carbocycles. The van der Waals surface area contributed by atoms with Crippen LogP contribution in [0, 0.1) is 22.7 Å². The van der Waals surface area contributed by atoms with E-state index in [4.69, 9.17) is 4.74 Å². The lowest BCUT2D eigenvalue weighted by molar-refractivity contribution is -0.135. The molecule has 2 amide bonds. The smallest absolute Gasteiger partial charge is 0.251 e. The van der Waals surface area contributed by atoms with Crippen LogP contribution in [-0.4, -0.2) is 51.2 Å². The zero-order valence-electron chi connectivity index (χ0n) is 19.5. The van der Waals surface area contributed by atoms with Crippen LogP contribution in [0.5, 0.6) is 0 Å². The Hall–Kier alpha value is -2.08. The van der Waals surface area contributed by atoms with Crippen LogP contribution in [-0.2, 0) is 9.53 Å². The molecular formula is C25H37N3O3. The minimum atomic E-state index is -0.0407. The van der Waals surface area contributed by atoms with E-state index in [-0.39, 0.29) is 34.8 Å². The number of carbonyl (C=O) groups is 2. The topological polar surface area (TPSA) is 70.7 Å². The third-order valence-electron chi connectivity index (χ3n) is 8.33. The summed E-state index contributed by atoms with van der Waals surface area (Å²) in [6.07, 6.45) is 4.31. The largest absolute Gasteiger partial charge is 0.378 e. The van der Waals surface area contributed by atoms with Gasteiger partial charge < -0.3 is 20.3 Å². The van der Waals surface area contributed by atoms with Crippen LogP contribution < -0.4 is 15.5 Å². The van der Waals surface area contributed by atoms with Crippen molar-refractivity contribution in [2.45, 2.75) is 58.6 Å². The summed E-state index contributed by atoms with van der Waals surface area (Å²) in [4.78, 5) is 26.5. The molecule has 3 aliphatic rings. The standard InChI is InChI=1S/C25H37N3O3/c1-16(29)27-23-24(2,3)18-14-20-21(31-13-11-25(20,23)15-18)10-12-26-22(30)17-6-8-19(9-7-17)28(4)5/h6-9,18,20-21,23H,10-15H2,1-5H3,(H,26,30)(H,27,29)/t18-,20-,21-,23+,25?/m1/s1. The molecule has 3 fully saturated rings. The highest BCUT2D eigenvalue weighted by atomic mass is 16.5. The number of nitrogens with zero attached hydrogens (tertiary/aromatic N) is 1. The lowest BCUT2D eigenvalue weighted by Gasteiger charge is -2.53. The third kappa shape index (κ3) is 3.84. The fraction of sp³-hybridized carbons (Fsp3) is 0.680. The van der Waals surface area contributed by atoms with Crippen LogP contribution in [0.3, 0.4) is 0 Å². The fourth-order valence-corrected chi connectivity index (χ4v) is 6.74. The number of hydrogen-bond donors (Lipinski definition) is 2. The van der Waals surface area contributed by atoms with Gasteiger partial charge in [-0.3, -0.25) is 9.59 Å². The first-order valence-corrected chi connectivity index (χ1v) is 11.6. The lowest BCUT2D eigenvalue weighted by Crippen LogP contribution is -2.60. The quantitative estimate of drug-likeness (QED) is 0.731. The van der Waals surface area contributed by atoms with Gasteiger partial charge in [0.25, 0.3) is 5.91 Å². The number of fused-ring (bicyclic) bond motifs is 1. The summed E-state index contributed by atoms with van der Waals surface area (Å²) in [5.74, 6) is 1.09. The lowest BCUT2D eigenvalue weighted by atomic mass is 9.59. The van der Waals surface area contributed by atoms with E-state index in [2.05, 4.69) is 24.5 Å². The van der Waals surface area contributed by atoms with E-state index in [0.717, 1.165) is 31.6 Å². The molecule has 4 rings (SSSR count). The summed E-state index contributed by atoms with van der Waals surface area (Å²) in [7, 11) is 3.97. The van der Waals surface area contributed by atoms with Crippen molar-refractivity contribution in [3.05, 3.63) is 29.8 Å². The monoisotopic (exact) mass is 427 g/mol.